The van der Waals surface area contributed by atoms with Crippen LogP contribution in [0.25, 0.3) is 0 Å². The molecule has 1 unspecified atom stereocenters. The number of hydrogen-bond donors (Lipinski definition) is 2. The molecule has 0 aliphatic carbocycles. The van der Waals surface area contributed by atoms with Crippen LogP contribution in [0.4, 0.5) is 0 Å². The average Bonchev–Trinajstić information content (AvgIpc) is 3.22. The smallest absolute Gasteiger partial charge is 0.191 e. The zero-order valence-corrected chi connectivity index (χ0v) is 18.0. The van der Waals surface area contributed by atoms with Gasteiger partial charge in [0.25, 0.3) is 0 Å². The Labute approximate surface area is 166 Å². The van der Waals surface area contributed by atoms with Crippen molar-refractivity contribution in [3.63, 3.8) is 0 Å². The Kier molecular flexibility index (Phi) is 9.02. The molecule has 25 heavy (non-hydrogen) atoms. The molecular formula is C18H29IN4O2. The third-order valence-corrected chi connectivity index (χ3v) is 4.18. The molecule has 2 N–H and O–H groups in total. The van der Waals surface area contributed by atoms with Crippen LogP contribution in [0.3, 0.4) is 0 Å². The fourth-order valence-electron chi connectivity index (χ4n) is 2.64. The van der Waals surface area contributed by atoms with Gasteiger partial charge < -0.3 is 19.6 Å². The Morgan fingerprint density at radius 1 is 1.28 bits per heavy atom. The van der Waals surface area contributed by atoms with E-state index in [4.69, 9.17) is 8.94 Å². The summed E-state index contributed by atoms with van der Waals surface area (Å²) in [6, 6.07) is 5.98. The Morgan fingerprint density at radius 3 is 2.56 bits per heavy atom. The van der Waals surface area contributed by atoms with Crippen LogP contribution in [0, 0.1) is 6.92 Å². The molecular weight excluding hydrogens is 431 g/mol. The maximum atomic E-state index is 5.63. The van der Waals surface area contributed by atoms with Crippen LogP contribution in [-0.4, -0.2) is 18.2 Å². The molecule has 0 bridgehead atoms. The van der Waals surface area contributed by atoms with Gasteiger partial charge in [0.15, 0.2) is 11.7 Å². The minimum atomic E-state index is 0. The van der Waals surface area contributed by atoms with Crippen molar-refractivity contribution in [3.05, 3.63) is 41.2 Å². The molecule has 7 heteroatoms. The van der Waals surface area contributed by atoms with E-state index in [1.807, 2.05) is 32.0 Å². The molecule has 0 aliphatic heterocycles. The van der Waals surface area contributed by atoms with Gasteiger partial charge >= 0.3 is 0 Å². The molecule has 0 spiro atoms. The van der Waals surface area contributed by atoms with Gasteiger partial charge in [-0.05, 0) is 38.8 Å². The van der Waals surface area contributed by atoms with E-state index < -0.39 is 0 Å². The van der Waals surface area contributed by atoms with Gasteiger partial charge in [-0.15, -0.1) is 24.0 Å². The summed E-state index contributed by atoms with van der Waals surface area (Å²) in [5.74, 6) is 3.74. The number of nitrogens with zero attached hydrogens (tertiary/aromatic N) is 2. The highest BCUT2D eigenvalue weighted by Gasteiger charge is 2.14. The monoisotopic (exact) mass is 460 g/mol. The van der Waals surface area contributed by atoms with Crippen LogP contribution in [0.1, 0.15) is 68.5 Å². The van der Waals surface area contributed by atoms with Gasteiger partial charge in [0.05, 0.1) is 18.3 Å². The highest BCUT2D eigenvalue weighted by atomic mass is 127. The second-order valence-electron chi connectivity index (χ2n) is 5.97. The number of aryl methyl sites for hydroxylation is 1. The number of nitrogens with one attached hydrogen (secondary N) is 2. The van der Waals surface area contributed by atoms with Crippen molar-refractivity contribution >= 4 is 29.9 Å². The Balaban J connectivity index is 0.00000312. The minimum Gasteiger partial charge on any atom is -0.464 e. The van der Waals surface area contributed by atoms with E-state index in [9.17, 15) is 0 Å². The van der Waals surface area contributed by atoms with Crippen molar-refractivity contribution in [1.82, 2.24) is 15.8 Å². The summed E-state index contributed by atoms with van der Waals surface area (Å²) in [7, 11) is 1.74. The summed E-state index contributed by atoms with van der Waals surface area (Å²) in [5, 5.41) is 10.7. The summed E-state index contributed by atoms with van der Waals surface area (Å²) in [6.45, 7) is 8.85. The number of aliphatic imine (C=N–C) groups is 1. The molecule has 0 amide bonds. The third-order valence-electron chi connectivity index (χ3n) is 4.18. The van der Waals surface area contributed by atoms with Gasteiger partial charge in [-0.25, -0.2) is 0 Å². The normalized spacial score (nSPS) is 12.8. The summed E-state index contributed by atoms with van der Waals surface area (Å²) in [6.07, 6.45) is 2.14. The first-order valence-corrected chi connectivity index (χ1v) is 8.56. The number of furan rings is 1. The number of aromatic nitrogens is 1. The fourth-order valence-corrected chi connectivity index (χ4v) is 2.64. The summed E-state index contributed by atoms with van der Waals surface area (Å²) < 4.78 is 11.1. The maximum absolute atomic E-state index is 5.63. The van der Waals surface area contributed by atoms with E-state index in [0.29, 0.717) is 18.4 Å². The van der Waals surface area contributed by atoms with Gasteiger partial charge in [0.1, 0.15) is 11.5 Å². The lowest BCUT2D eigenvalue weighted by atomic mass is 9.99. The van der Waals surface area contributed by atoms with Crippen LogP contribution < -0.4 is 10.6 Å². The van der Waals surface area contributed by atoms with Gasteiger partial charge in [0.2, 0.25) is 0 Å². The topological polar surface area (TPSA) is 75.6 Å². The number of rotatable bonds is 7. The lowest BCUT2D eigenvalue weighted by molar-refractivity contribution is 0.367. The number of guanidine groups is 1. The Bertz CT molecular complexity index is 662. The second-order valence-corrected chi connectivity index (χ2v) is 5.97. The molecule has 0 saturated heterocycles. The van der Waals surface area contributed by atoms with E-state index in [0.717, 1.165) is 35.8 Å². The van der Waals surface area contributed by atoms with Gasteiger partial charge in [-0.1, -0.05) is 19.0 Å². The molecule has 2 rings (SSSR count). The zero-order chi connectivity index (χ0) is 17.5. The molecule has 0 radical (unpaired) electrons. The van der Waals surface area contributed by atoms with E-state index in [2.05, 4.69) is 34.6 Å². The predicted molar refractivity (Wildman–Crippen MR) is 110 cm³/mol. The SMILES string of the molecule is CCC(CC)c1cc(CNC(=NC)NC(C)c2ccc(C)o2)on1.I. The third kappa shape index (κ3) is 6.05. The minimum absolute atomic E-state index is 0. The first-order chi connectivity index (χ1) is 11.6. The highest BCUT2D eigenvalue weighted by Crippen LogP contribution is 2.22. The molecule has 2 aromatic heterocycles. The van der Waals surface area contributed by atoms with Crippen LogP contribution in [-0.2, 0) is 6.54 Å². The van der Waals surface area contributed by atoms with Crippen molar-refractivity contribution in [2.75, 3.05) is 7.05 Å². The molecule has 0 aromatic carbocycles. The Hall–Kier alpha value is -1.51. The van der Waals surface area contributed by atoms with Gasteiger partial charge in [-0.3, -0.25) is 4.99 Å². The van der Waals surface area contributed by atoms with Gasteiger partial charge in [-0.2, -0.15) is 0 Å². The number of hydrogen-bond acceptors (Lipinski definition) is 4. The molecule has 6 nitrogen and oxygen atoms in total. The predicted octanol–water partition coefficient (Wildman–Crippen LogP) is 4.52. The first kappa shape index (κ1) is 21.5. The van der Waals surface area contributed by atoms with E-state index in [1.54, 1.807) is 7.05 Å². The standard InChI is InChI=1S/C18H28N4O2.HI/c1-6-14(7-2)16-10-15(24-22-16)11-20-18(19-5)21-13(4)17-9-8-12(3)23-17;/h8-10,13-14H,6-7,11H2,1-5H3,(H2,19,20,21);1H. The Morgan fingerprint density at radius 2 is 2.00 bits per heavy atom. The summed E-state index contributed by atoms with van der Waals surface area (Å²) >= 11 is 0. The highest BCUT2D eigenvalue weighted by molar-refractivity contribution is 14.0. The van der Waals surface area contributed by atoms with Crippen molar-refractivity contribution in [3.8, 4) is 0 Å². The first-order valence-electron chi connectivity index (χ1n) is 8.56. The van der Waals surface area contributed by atoms with E-state index >= 15 is 0 Å². The summed E-state index contributed by atoms with van der Waals surface area (Å²) in [5.41, 5.74) is 1.03. The molecule has 0 aliphatic rings. The maximum Gasteiger partial charge on any atom is 0.191 e. The average molecular weight is 460 g/mol. The van der Waals surface area contributed by atoms with Crippen molar-refractivity contribution in [2.24, 2.45) is 4.99 Å². The second kappa shape index (κ2) is 10.5. The fraction of sp³-hybridized carbons (Fsp3) is 0.556. The van der Waals surface area contributed by atoms with Crippen molar-refractivity contribution in [1.29, 1.82) is 0 Å². The van der Waals surface area contributed by atoms with Crippen molar-refractivity contribution in [2.45, 2.75) is 59.0 Å². The molecule has 140 valence electrons. The molecule has 0 fully saturated rings. The summed E-state index contributed by atoms with van der Waals surface area (Å²) in [4.78, 5) is 4.24. The molecule has 2 aromatic rings. The van der Waals surface area contributed by atoms with Crippen LogP contribution >= 0.6 is 24.0 Å². The molecule has 0 saturated carbocycles. The van der Waals surface area contributed by atoms with Gasteiger partial charge in [0, 0.05) is 19.0 Å². The van der Waals surface area contributed by atoms with Crippen molar-refractivity contribution < 1.29 is 8.94 Å². The zero-order valence-electron chi connectivity index (χ0n) is 15.6. The van der Waals surface area contributed by atoms with Crippen LogP contribution in [0.2, 0.25) is 0 Å². The van der Waals surface area contributed by atoms with E-state index in [1.165, 1.54) is 0 Å². The largest absolute Gasteiger partial charge is 0.464 e. The van der Waals surface area contributed by atoms with Crippen LogP contribution in [0.5, 0.6) is 0 Å². The lowest BCUT2D eigenvalue weighted by Gasteiger charge is -2.15. The number of halogens is 1. The van der Waals surface area contributed by atoms with Crippen LogP contribution in [0.15, 0.2) is 32.1 Å². The molecule has 1 atom stereocenters. The lowest BCUT2D eigenvalue weighted by Crippen LogP contribution is -2.38. The van der Waals surface area contributed by atoms with E-state index in [-0.39, 0.29) is 30.0 Å². The quantitative estimate of drug-likeness (QED) is 0.361. The molecule has 2 heterocycles.